The number of nitrogens with zero attached hydrogens (tertiary/aromatic N) is 1. The predicted molar refractivity (Wildman–Crippen MR) is 77.7 cm³/mol. The standard InChI is InChI=1S/C12H19FN2O4S2/c1-15(2)10-4-3-9-14-21(18,19)12-7-5-11(6-8-12)20(13,16)17/h5-8,14H,3-4,9-10H2,1-2H3. The van der Waals surface area contributed by atoms with Crippen molar-refractivity contribution in [2.45, 2.75) is 22.6 Å². The maximum absolute atomic E-state index is 12.7. The predicted octanol–water partition coefficient (Wildman–Crippen LogP) is 0.965. The van der Waals surface area contributed by atoms with Crippen LogP contribution in [-0.2, 0) is 20.2 Å². The highest BCUT2D eigenvalue weighted by Crippen LogP contribution is 2.16. The molecule has 0 saturated carbocycles. The van der Waals surface area contributed by atoms with E-state index in [1.807, 2.05) is 19.0 Å². The lowest BCUT2D eigenvalue weighted by atomic mass is 10.3. The first-order chi connectivity index (χ1) is 9.63. The van der Waals surface area contributed by atoms with Crippen LogP contribution in [0.1, 0.15) is 12.8 Å². The average Bonchev–Trinajstić information content (AvgIpc) is 2.37. The summed E-state index contributed by atoms with van der Waals surface area (Å²) in [5.74, 6) is 0. The summed E-state index contributed by atoms with van der Waals surface area (Å²) in [4.78, 5) is 1.35. The van der Waals surface area contributed by atoms with Gasteiger partial charge < -0.3 is 4.90 Å². The molecule has 9 heteroatoms. The van der Waals surface area contributed by atoms with E-state index in [2.05, 4.69) is 4.72 Å². The van der Waals surface area contributed by atoms with Crippen molar-refractivity contribution in [1.82, 2.24) is 9.62 Å². The van der Waals surface area contributed by atoms with Crippen molar-refractivity contribution in [3.63, 3.8) is 0 Å². The summed E-state index contributed by atoms with van der Waals surface area (Å²) in [6, 6.07) is 3.98. The highest BCUT2D eigenvalue weighted by molar-refractivity contribution is 7.89. The molecule has 1 N–H and O–H groups in total. The number of sulfonamides is 1. The second-order valence-electron chi connectivity index (χ2n) is 4.82. The third-order valence-electron chi connectivity index (χ3n) is 2.74. The molecule has 0 amide bonds. The second-order valence-corrected chi connectivity index (χ2v) is 7.93. The minimum absolute atomic E-state index is 0.0949. The van der Waals surface area contributed by atoms with Gasteiger partial charge in [-0.25, -0.2) is 13.1 Å². The van der Waals surface area contributed by atoms with Gasteiger partial charge in [-0.05, 0) is 57.7 Å². The maximum Gasteiger partial charge on any atom is 0.332 e. The molecule has 120 valence electrons. The van der Waals surface area contributed by atoms with Crippen LogP contribution in [-0.4, -0.2) is 48.9 Å². The topological polar surface area (TPSA) is 83.6 Å². The summed E-state index contributed by atoms with van der Waals surface area (Å²) < 4.78 is 60.3. The summed E-state index contributed by atoms with van der Waals surface area (Å²) >= 11 is 0. The molecule has 0 aliphatic rings. The van der Waals surface area contributed by atoms with Gasteiger partial charge in [0.25, 0.3) is 0 Å². The Morgan fingerprint density at radius 3 is 2.00 bits per heavy atom. The molecule has 6 nitrogen and oxygen atoms in total. The Balaban J connectivity index is 2.63. The average molecular weight is 338 g/mol. The molecular weight excluding hydrogens is 319 g/mol. The highest BCUT2D eigenvalue weighted by Gasteiger charge is 2.16. The molecule has 1 rings (SSSR count). The van der Waals surface area contributed by atoms with Crippen LogP contribution in [0, 0.1) is 0 Å². The van der Waals surface area contributed by atoms with Crippen LogP contribution >= 0.6 is 0 Å². The summed E-state index contributed by atoms with van der Waals surface area (Å²) in [5, 5.41) is 0. The molecule has 0 aromatic heterocycles. The Hall–Kier alpha value is -1.03. The van der Waals surface area contributed by atoms with Crippen LogP contribution in [0.4, 0.5) is 3.89 Å². The summed E-state index contributed by atoms with van der Waals surface area (Å²) in [7, 11) is -4.65. The van der Waals surface area contributed by atoms with E-state index in [4.69, 9.17) is 0 Å². The molecule has 0 fully saturated rings. The van der Waals surface area contributed by atoms with Gasteiger partial charge in [0.05, 0.1) is 9.79 Å². The van der Waals surface area contributed by atoms with Crippen molar-refractivity contribution >= 4 is 20.2 Å². The lowest BCUT2D eigenvalue weighted by molar-refractivity contribution is 0.394. The number of halogens is 1. The number of nitrogens with one attached hydrogen (secondary N) is 1. The van der Waals surface area contributed by atoms with Crippen molar-refractivity contribution in [3.8, 4) is 0 Å². The fraction of sp³-hybridized carbons (Fsp3) is 0.500. The van der Waals surface area contributed by atoms with E-state index in [0.29, 0.717) is 13.0 Å². The number of hydrogen-bond donors (Lipinski definition) is 1. The van der Waals surface area contributed by atoms with Crippen LogP contribution in [0.25, 0.3) is 0 Å². The van der Waals surface area contributed by atoms with Crippen molar-refractivity contribution in [3.05, 3.63) is 24.3 Å². The van der Waals surface area contributed by atoms with Crippen LogP contribution in [0.2, 0.25) is 0 Å². The maximum atomic E-state index is 12.7. The number of hydrogen-bond acceptors (Lipinski definition) is 5. The van der Waals surface area contributed by atoms with Gasteiger partial charge in [-0.15, -0.1) is 3.89 Å². The zero-order valence-corrected chi connectivity index (χ0v) is 13.5. The first kappa shape index (κ1) is 18.0. The van der Waals surface area contributed by atoms with E-state index in [1.54, 1.807) is 0 Å². The molecule has 0 unspecified atom stereocenters. The zero-order chi connectivity index (χ0) is 16.1. The third-order valence-corrected chi connectivity index (χ3v) is 5.05. The smallest absolute Gasteiger partial charge is 0.309 e. The first-order valence-electron chi connectivity index (χ1n) is 6.32. The summed E-state index contributed by atoms with van der Waals surface area (Å²) in [5.41, 5.74) is 0. The van der Waals surface area contributed by atoms with E-state index in [9.17, 15) is 20.7 Å². The molecule has 0 atom stereocenters. The molecule has 0 heterocycles. The van der Waals surface area contributed by atoms with E-state index in [-0.39, 0.29) is 4.90 Å². The van der Waals surface area contributed by atoms with E-state index < -0.39 is 25.1 Å². The quantitative estimate of drug-likeness (QED) is 0.564. The first-order valence-corrected chi connectivity index (χ1v) is 9.19. The lowest BCUT2D eigenvalue weighted by Crippen LogP contribution is -2.25. The van der Waals surface area contributed by atoms with Crippen molar-refractivity contribution in [2.75, 3.05) is 27.2 Å². The third kappa shape index (κ3) is 6.08. The Labute approximate surface area is 125 Å². The minimum atomic E-state index is -4.82. The van der Waals surface area contributed by atoms with Gasteiger partial charge in [-0.2, -0.15) is 8.42 Å². The Bertz CT molecular complexity index is 655. The van der Waals surface area contributed by atoms with E-state index in [1.165, 1.54) is 0 Å². The highest BCUT2D eigenvalue weighted by atomic mass is 32.3. The number of benzene rings is 1. The number of unbranched alkanes of at least 4 members (excludes halogenated alkanes) is 1. The van der Waals surface area contributed by atoms with E-state index >= 15 is 0 Å². The molecule has 0 aliphatic heterocycles. The Morgan fingerprint density at radius 1 is 1.00 bits per heavy atom. The fourth-order valence-electron chi connectivity index (χ4n) is 1.62. The Kier molecular flexibility index (Phi) is 6.26. The minimum Gasteiger partial charge on any atom is -0.309 e. The molecule has 0 spiro atoms. The van der Waals surface area contributed by atoms with Gasteiger partial charge >= 0.3 is 10.2 Å². The zero-order valence-electron chi connectivity index (χ0n) is 11.9. The van der Waals surface area contributed by atoms with E-state index in [0.717, 1.165) is 37.2 Å². The van der Waals surface area contributed by atoms with Crippen molar-refractivity contribution in [1.29, 1.82) is 0 Å². The lowest BCUT2D eigenvalue weighted by Gasteiger charge is -2.10. The molecular formula is C12H19FN2O4S2. The molecule has 1 aromatic rings. The summed E-state index contributed by atoms with van der Waals surface area (Å²) in [6.45, 7) is 1.16. The molecule has 1 aromatic carbocycles. The van der Waals surface area contributed by atoms with Crippen LogP contribution < -0.4 is 4.72 Å². The van der Waals surface area contributed by atoms with Gasteiger partial charge in [0.2, 0.25) is 10.0 Å². The molecule has 0 bridgehead atoms. The van der Waals surface area contributed by atoms with Crippen molar-refractivity contribution in [2.24, 2.45) is 0 Å². The van der Waals surface area contributed by atoms with Gasteiger partial charge in [0.15, 0.2) is 0 Å². The monoisotopic (exact) mass is 338 g/mol. The van der Waals surface area contributed by atoms with Crippen LogP contribution in [0.5, 0.6) is 0 Å². The molecule has 0 aliphatic carbocycles. The van der Waals surface area contributed by atoms with Gasteiger partial charge in [0.1, 0.15) is 0 Å². The normalized spacial score (nSPS) is 12.8. The number of rotatable bonds is 8. The fourth-order valence-corrected chi connectivity index (χ4v) is 3.16. The van der Waals surface area contributed by atoms with Crippen molar-refractivity contribution < 1.29 is 20.7 Å². The van der Waals surface area contributed by atoms with Crippen LogP contribution in [0.3, 0.4) is 0 Å². The molecule has 0 saturated heterocycles. The SMILES string of the molecule is CN(C)CCCCNS(=O)(=O)c1ccc(S(=O)(=O)F)cc1. The van der Waals surface area contributed by atoms with Gasteiger partial charge in [-0.1, -0.05) is 0 Å². The summed E-state index contributed by atoms with van der Waals surface area (Å²) in [6.07, 6.45) is 1.54. The largest absolute Gasteiger partial charge is 0.332 e. The van der Waals surface area contributed by atoms with Crippen LogP contribution in [0.15, 0.2) is 34.1 Å². The van der Waals surface area contributed by atoms with Gasteiger partial charge in [-0.3, -0.25) is 0 Å². The second kappa shape index (κ2) is 7.30. The molecule has 0 radical (unpaired) electrons. The Morgan fingerprint density at radius 2 is 1.52 bits per heavy atom. The molecule has 21 heavy (non-hydrogen) atoms. The van der Waals surface area contributed by atoms with Gasteiger partial charge in [0, 0.05) is 6.54 Å².